The van der Waals surface area contributed by atoms with Crippen LogP contribution in [0.15, 0.2) is 48.5 Å². The predicted octanol–water partition coefficient (Wildman–Crippen LogP) is 4.65. The molecule has 0 unspecified atom stereocenters. The normalized spacial score (nSPS) is 13.1. The van der Waals surface area contributed by atoms with Crippen molar-refractivity contribution in [2.75, 3.05) is 23.9 Å². The molecule has 0 atom stereocenters. The Morgan fingerprint density at radius 1 is 1.09 bits per heavy atom. The maximum atomic E-state index is 13.5. The van der Waals surface area contributed by atoms with Crippen LogP contribution in [-0.2, 0) is 19.5 Å². The lowest BCUT2D eigenvalue weighted by Crippen LogP contribution is -2.36. The summed E-state index contributed by atoms with van der Waals surface area (Å²) in [5.74, 6) is 2.89. The lowest BCUT2D eigenvalue weighted by atomic mass is 10.2. The van der Waals surface area contributed by atoms with Crippen LogP contribution in [0.3, 0.4) is 0 Å². The number of methoxy groups -OCH3 is 1. The molecule has 4 rings (SSSR count). The first kappa shape index (κ1) is 21.7. The van der Waals surface area contributed by atoms with Gasteiger partial charge in [-0.2, -0.15) is 0 Å². The molecule has 0 aliphatic carbocycles. The average Bonchev–Trinajstić information content (AvgIpc) is 3.06. The fourth-order valence-electron chi connectivity index (χ4n) is 3.87. The Hall–Kier alpha value is -3.55. The van der Waals surface area contributed by atoms with E-state index in [4.69, 9.17) is 9.47 Å². The van der Waals surface area contributed by atoms with E-state index in [0.29, 0.717) is 30.5 Å². The van der Waals surface area contributed by atoms with E-state index in [-0.39, 0.29) is 6.03 Å². The van der Waals surface area contributed by atoms with E-state index in [0.717, 1.165) is 49.4 Å². The first-order valence-corrected chi connectivity index (χ1v) is 11.0. The second-order valence-corrected chi connectivity index (χ2v) is 7.67. The van der Waals surface area contributed by atoms with Crippen LogP contribution in [0.1, 0.15) is 37.6 Å². The summed E-state index contributed by atoms with van der Waals surface area (Å²) in [4.78, 5) is 15.1. The molecule has 2 aromatic carbocycles. The quantitative estimate of drug-likeness (QED) is 0.584. The van der Waals surface area contributed by atoms with Crippen molar-refractivity contribution in [3.05, 3.63) is 59.9 Å². The molecule has 0 spiro atoms. The monoisotopic (exact) mass is 435 g/mol. The van der Waals surface area contributed by atoms with Gasteiger partial charge in [-0.1, -0.05) is 30.7 Å². The lowest BCUT2D eigenvalue weighted by Gasteiger charge is -2.23. The van der Waals surface area contributed by atoms with Crippen LogP contribution in [0.2, 0.25) is 0 Å². The predicted molar refractivity (Wildman–Crippen MR) is 123 cm³/mol. The van der Waals surface area contributed by atoms with Gasteiger partial charge in [-0.15, -0.1) is 10.2 Å². The number of nitrogens with zero attached hydrogens (tertiary/aromatic N) is 4. The summed E-state index contributed by atoms with van der Waals surface area (Å²) >= 11 is 0. The number of hydrogen-bond donors (Lipinski definition) is 1. The minimum absolute atomic E-state index is 0.289. The molecule has 0 saturated carbocycles. The van der Waals surface area contributed by atoms with E-state index in [1.54, 1.807) is 12.0 Å². The molecule has 0 bridgehead atoms. The largest absolute Gasteiger partial charge is 0.495 e. The van der Waals surface area contributed by atoms with E-state index in [9.17, 15) is 4.79 Å². The third-order valence-corrected chi connectivity index (χ3v) is 5.50. The van der Waals surface area contributed by atoms with Gasteiger partial charge in [-0.05, 0) is 49.6 Å². The first-order chi connectivity index (χ1) is 15.7. The topological polar surface area (TPSA) is 81.5 Å². The fourth-order valence-corrected chi connectivity index (χ4v) is 3.87. The van der Waals surface area contributed by atoms with Crippen molar-refractivity contribution in [2.24, 2.45) is 0 Å². The number of carbonyl (C=O) groups is 1. The number of aryl methyl sites for hydroxylation is 1. The molecular weight excluding hydrogens is 406 g/mol. The Labute approximate surface area is 188 Å². The zero-order chi connectivity index (χ0) is 22.3. The number of hydrogen-bond acceptors (Lipinski definition) is 5. The van der Waals surface area contributed by atoms with Crippen LogP contribution in [-0.4, -0.2) is 34.5 Å². The summed E-state index contributed by atoms with van der Waals surface area (Å²) in [7, 11) is 1.58. The Balaban J connectivity index is 1.65. The minimum Gasteiger partial charge on any atom is -0.495 e. The van der Waals surface area contributed by atoms with E-state index in [2.05, 4.69) is 20.1 Å². The molecule has 8 nitrogen and oxygen atoms in total. The van der Waals surface area contributed by atoms with Gasteiger partial charge in [0, 0.05) is 13.0 Å². The van der Waals surface area contributed by atoms with Crippen molar-refractivity contribution in [3.63, 3.8) is 0 Å². The van der Waals surface area contributed by atoms with E-state index < -0.39 is 0 Å². The van der Waals surface area contributed by atoms with Crippen molar-refractivity contribution >= 4 is 17.7 Å². The Kier molecular flexibility index (Phi) is 6.89. The number of amides is 2. The van der Waals surface area contributed by atoms with Gasteiger partial charge in [0.15, 0.2) is 0 Å². The highest BCUT2D eigenvalue weighted by atomic mass is 16.5. The molecule has 8 heteroatoms. The van der Waals surface area contributed by atoms with Gasteiger partial charge in [-0.25, -0.2) is 4.79 Å². The van der Waals surface area contributed by atoms with Crippen molar-refractivity contribution in [3.8, 4) is 11.5 Å². The van der Waals surface area contributed by atoms with E-state index in [1.807, 2.05) is 55.5 Å². The summed E-state index contributed by atoms with van der Waals surface area (Å²) < 4.78 is 13.0. The Morgan fingerprint density at radius 2 is 1.91 bits per heavy atom. The van der Waals surface area contributed by atoms with E-state index >= 15 is 0 Å². The average molecular weight is 436 g/mol. The van der Waals surface area contributed by atoms with Gasteiger partial charge in [0.25, 0.3) is 0 Å². The zero-order valence-electron chi connectivity index (χ0n) is 18.6. The maximum Gasteiger partial charge on any atom is 0.329 e. The molecule has 0 fully saturated rings. The SMILES string of the molecule is CCOc1ccc(CN(C(=O)Nc2ccccc2OC)c2nnc3n2CCCCC3)cc1. The number of aromatic nitrogens is 3. The smallest absolute Gasteiger partial charge is 0.329 e. The summed E-state index contributed by atoms with van der Waals surface area (Å²) in [6.45, 7) is 3.72. The first-order valence-electron chi connectivity index (χ1n) is 11.0. The third kappa shape index (κ3) is 4.85. The highest BCUT2D eigenvalue weighted by Gasteiger charge is 2.25. The Morgan fingerprint density at radius 3 is 2.69 bits per heavy atom. The van der Waals surface area contributed by atoms with Gasteiger partial charge >= 0.3 is 6.03 Å². The number of para-hydroxylation sites is 2. The second-order valence-electron chi connectivity index (χ2n) is 7.67. The molecule has 168 valence electrons. The number of fused-ring (bicyclic) bond motifs is 1. The summed E-state index contributed by atoms with van der Waals surface area (Å²) in [5.41, 5.74) is 1.57. The molecule has 3 aromatic rings. The van der Waals surface area contributed by atoms with Gasteiger partial charge in [0.2, 0.25) is 5.95 Å². The van der Waals surface area contributed by atoms with Crippen LogP contribution in [0.5, 0.6) is 11.5 Å². The lowest BCUT2D eigenvalue weighted by molar-refractivity contribution is 0.256. The van der Waals surface area contributed by atoms with Gasteiger partial charge < -0.3 is 14.8 Å². The van der Waals surface area contributed by atoms with Crippen LogP contribution < -0.4 is 19.7 Å². The molecule has 1 N–H and O–H groups in total. The second kappa shape index (κ2) is 10.2. The standard InChI is InChI=1S/C24H29N5O3/c1-3-32-19-14-12-18(13-15-19)17-29(23-27-26-22-11-5-4-8-16-28(22)23)24(30)25-20-9-6-7-10-21(20)31-2/h6-7,9-10,12-15H,3-5,8,11,16-17H2,1-2H3,(H,25,30). The molecule has 1 aromatic heterocycles. The molecule has 1 aliphatic heterocycles. The van der Waals surface area contributed by atoms with Crippen LogP contribution in [0.25, 0.3) is 0 Å². The van der Waals surface area contributed by atoms with Crippen molar-refractivity contribution in [1.29, 1.82) is 0 Å². The highest BCUT2D eigenvalue weighted by Crippen LogP contribution is 2.26. The molecule has 0 saturated heterocycles. The number of anilines is 2. The molecule has 0 radical (unpaired) electrons. The molecule has 2 amide bonds. The minimum atomic E-state index is -0.289. The summed E-state index contributed by atoms with van der Waals surface area (Å²) in [6, 6.07) is 14.8. The fraction of sp³-hybridized carbons (Fsp3) is 0.375. The van der Waals surface area contributed by atoms with Crippen LogP contribution in [0.4, 0.5) is 16.4 Å². The molecule has 32 heavy (non-hydrogen) atoms. The Bertz CT molecular complexity index is 1050. The molecular formula is C24H29N5O3. The van der Waals surface area contributed by atoms with Crippen molar-refractivity contribution in [1.82, 2.24) is 14.8 Å². The van der Waals surface area contributed by atoms with Gasteiger partial charge in [0.05, 0.1) is 25.9 Å². The maximum absolute atomic E-state index is 13.5. The number of ether oxygens (including phenoxy) is 2. The van der Waals surface area contributed by atoms with Crippen molar-refractivity contribution in [2.45, 2.75) is 45.7 Å². The number of rotatable bonds is 7. The number of carbonyl (C=O) groups excluding carboxylic acids is 1. The molecule has 1 aliphatic rings. The number of nitrogens with one attached hydrogen (secondary N) is 1. The highest BCUT2D eigenvalue weighted by molar-refractivity contribution is 6.01. The van der Waals surface area contributed by atoms with Crippen LogP contribution >= 0.6 is 0 Å². The zero-order valence-corrected chi connectivity index (χ0v) is 18.6. The van der Waals surface area contributed by atoms with Crippen molar-refractivity contribution < 1.29 is 14.3 Å². The van der Waals surface area contributed by atoms with E-state index in [1.165, 1.54) is 0 Å². The third-order valence-electron chi connectivity index (χ3n) is 5.50. The summed E-state index contributed by atoms with van der Waals surface area (Å²) in [5, 5.41) is 11.8. The van der Waals surface area contributed by atoms with Gasteiger partial charge in [-0.3, -0.25) is 9.47 Å². The van der Waals surface area contributed by atoms with Gasteiger partial charge in [0.1, 0.15) is 17.3 Å². The molecule has 2 heterocycles. The number of benzene rings is 2. The number of urea groups is 1. The van der Waals surface area contributed by atoms with Crippen LogP contribution in [0, 0.1) is 0 Å². The summed E-state index contributed by atoms with van der Waals surface area (Å²) in [6.07, 6.45) is 4.15.